The van der Waals surface area contributed by atoms with Crippen LogP contribution in [0.3, 0.4) is 0 Å². The Bertz CT molecular complexity index is 118. The van der Waals surface area contributed by atoms with Gasteiger partial charge in [-0.1, -0.05) is 0 Å². The number of nitrogens with zero attached hydrogens (tertiary/aromatic N) is 2. The van der Waals surface area contributed by atoms with Gasteiger partial charge in [0.15, 0.2) is 0 Å². The minimum absolute atomic E-state index is 0.426. The molecule has 6 heteroatoms. The molecule has 0 aromatic carbocycles. The molecule has 1 rings (SSSR count). The second-order valence-electron chi connectivity index (χ2n) is 1.42. The van der Waals surface area contributed by atoms with Crippen LogP contribution >= 0.6 is 0 Å². The van der Waals surface area contributed by atoms with E-state index >= 15 is 0 Å². The third-order valence-electron chi connectivity index (χ3n) is 0.764. The second-order valence-corrected chi connectivity index (χ2v) is 1.42. The summed E-state index contributed by atoms with van der Waals surface area (Å²) in [6.45, 7) is 0. The first-order valence-corrected chi connectivity index (χ1v) is 2.03. The lowest BCUT2D eigenvalue weighted by molar-refractivity contribution is 0.00326. The first-order valence-electron chi connectivity index (χ1n) is 2.03. The van der Waals surface area contributed by atoms with Gasteiger partial charge in [-0.15, -0.1) is 0 Å². The van der Waals surface area contributed by atoms with E-state index in [1.54, 1.807) is 0 Å². The van der Waals surface area contributed by atoms with Crippen molar-refractivity contribution < 1.29 is 0 Å². The van der Waals surface area contributed by atoms with Crippen molar-refractivity contribution in [2.75, 3.05) is 0 Å². The minimum Gasteiger partial charge on any atom is -0.383 e. The van der Waals surface area contributed by atoms with E-state index in [0.29, 0.717) is 5.82 Å². The molecular formula is C2H8N6. The van der Waals surface area contributed by atoms with Crippen LogP contribution in [0.4, 0.5) is 0 Å². The summed E-state index contributed by atoms with van der Waals surface area (Å²) in [6.07, 6.45) is 1.46. The number of hydrogen-bond donors (Lipinski definition) is 4. The van der Waals surface area contributed by atoms with Gasteiger partial charge in [0.1, 0.15) is 5.82 Å². The predicted molar refractivity (Wildman–Crippen MR) is 27.5 cm³/mol. The van der Waals surface area contributed by atoms with Crippen LogP contribution in [0.1, 0.15) is 0 Å². The molecule has 1 aliphatic heterocycles. The molecule has 1 aliphatic rings. The van der Waals surface area contributed by atoms with E-state index in [2.05, 4.69) is 5.43 Å². The highest BCUT2D eigenvalue weighted by Crippen LogP contribution is 1.92. The number of nitrogens with two attached hydrogens (primary N) is 3. The molecule has 0 radical (unpaired) electrons. The molecule has 0 saturated carbocycles. The minimum atomic E-state index is 0.426. The summed E-state index contributed by atoms with van der Waals surface area (Å²) < 4.78 is 0. The zero-order valence-electron chi connectivity index (χ0n) is 4.20. The van der Waals surface area contributed by atoms with Crippen LogP contribution in [-0.4, -0.2) is 10.3 Å². The summed E-state index contributed by atoms with van der Waals surface area (Å²) in [5.74, 6) is 10.8. The molecule has 0 amide bonds. The number of rotatable bonds is 0. The summed E-state index contributed by atoms with van der Waals surface area (Å²) >= 11 is 0. The van der Waals surface area contributed by atoms with Gasteiger partial charge in [0.25, 0.3) is 0 Å². The van der Waals surface area contributed by atoms with E-state index in [1.807, 2.05) is 0 Å². The van der Waals surface area contributed by atoms with Crippen LogP contribution in [0, 0.1) is 0 Å². The largest absolute Gasteiger partial charge is 0.383 e. The Kier molecular flexibility index (Phi) is 0.975. The van der Waals surface area contributed by atoms with Crippen LogP contribution < -0.4 is 22.8 Å². The van der Waals surface area contributed by atoms with Crippen molar-refractivity contribution in [3.05, 3.63) is 12.0 Å². The average Bonchev–Trinajstić information content (AvgIpc) is 1.85. The standard InChI is InChI=1S/C2H8N6/c3-2-1-7(4)8(5)6-2/h1,6H,3-5H2. The molecule has 8 heavy (non-hydrogen) atoms. The summed E-state index contributed by atoms with van der Waals surface area (Å²) in [6, 6.07) is 0. The molecule has 0 bridgehead atoms. The molecule has 0 aromatic rings. The average molecular weight is 116 g/mol. The third-order valence-corrected chi connectivity index (χ3v) is 0.764. The van der Waals surface area contributed by atoms with Crippen molar-refractivity contribution in [2.24, 2.45) is 17.4 Å². The zero-order valence-corrected chi connectivity index (χ0v) is 4.20. The van der Waals surface area contributed by atoms with Gasteiger partial charge in [0.05, 0.1) is 6.20 Å². The second kappa shape index (κ2) is 1.51. The maximum Gasteiger partial charge on any atom is 0.133 e. The Labute approximate surface area is 46.4 Å². The van der Waals surface area contributed by atoms with Gasteiger partial charge in [-0.3, -0.25) is 5.43 Å². The van der Waals surface area contributed by atoms with E-state index < -0.39 is 0 Å². The topological polar surface area (TPSA) is 96.6 Å². The summed E-state index contributed by atoms with van der Waals surface area (Å²) in [4.78, 5) is 0. The highest BCUT2D eigenvalue weighted by molar-refractivity contribution is 4.93. The van der Waals surface area contributed by atoms with Gasteiger partial charge in [0.2, 0.25) is 0 Å². The number of hydrazine groups is 4. The smallest absolute Gasteiger partial charge is 0.133 e. The van der Waals surface area contributed by atoms with E-state index in [1.165, 1.54) is 6.20 Å². The lowest BCUT2D eigenvalue weighted by atomic mass is 10.8. The fourth-order valence-corrected chi connectivity index (χ4v) is 0.424. The Hall–Kier alpha value is -0.980. The summed E-state index contributed by atoms with van der Waals surface area (Å²) in [5, 5.41) is 2.20. The normalized spacial score (nSPS) is 20.8. The summed E-state index contributed by atoms with van der Waals surface area (Å²) in [5.41, 5.74) is 7.74. The van der Waals surface area contributed by atoms with Crippen LogP contribution in [0.15, 0.2) is 12.0 Å². The highest BCUT2D eigenvalue weighted by atomic mass is 16.0. The van der Waals surface area contributed by atoms with E-state index in [0.717, 1.165) is 10.3 Å². The quantitative estimate of drug-likeness (QED) is 0.262. The zero-order chi connectivity index (χ0) is 6.15. The monoisotopic (exact) mass is 116 g/mol. The molecule has 0 spiro atoms. The molecule has 0 aromatic heterocycles. The lowest BCUT2D eigenvalue weighted by Crippen LogP contribution is -2.51. The predicted octanol–water partition coefficient (Wildman–Crippen LogP) is -2.47. The molecule has 0 atom stereocenters. The first-order chi connectivity index (χ1) is 3.70. The molecular weight excluding hydrogens is 108 g/mol. The molecule has 0 aliphatic carbocycles. The van der Waals surface area contributed by atoms with Gasteiger partial charge < -0.3 is 5.73 Å². The van der Waals surface area contributed by atoms with Crippen molar-refractivity contribution >= 4 is 0 Å². The van der Waals surface area contributed by atoms with Crippen LogP contribution in [0.2, 0.25) is 0 Å². The maximum absolute atomic E-state index is 5.22. The van der Waals surface area contributed by atoms with Gasteiger partial charge in [-0.2, -0.15) is 0 Å². The Morgan fingerprint density at radius 2 is 2.12 bits per heavy atom. The molecule has 46 valence electrons. The van der Waals surface area contributed by atoms with E-state index in [9.17, 15) is 0 Å². The fraction of sp³-hybridized carbons (Fsp3) is 0. The lowest BCUT2D eigenvalue weighted by Gasteiger charge is -2.16. The van der Waals surface area contributed by atoms with Crippen LogP contribution in [-0.2, 0) is 0 Å². The van der Waals surface area contributed by atoms with Gasteiger partial charge in [0, 0.05) is 0 Å². The SMILES string of the molecule is NC1=CN(N)N(N)N1. The van der Waals surface area contributed by atoms with Gasteiger partial charge >= 0.3 is 0 Å². The molecule has 7 N–H and O–H groups in total. The Balaban J connectivity index is 2.56. The molecule has 1 heterocycles. The van der Waals surface area contributed by atoms with Gasteiger partial charge in [-0.05, 0) is 5.23 Å². The molecule has 6 nitrogen and oxygen atoms in total. The fourth-order valence-electron chi connectivity index (χ4n) is 0.424. The third kappa shape index (κ3) is 0.668. The number of nitrogens with one attached hydrogen (secondary N) is 1. The van der Waals surface area contributed by atoms with Gasteiger partial charge in [-0.25, -0.2) is 16.8 Å². The molecule has 0 saturated heterocycles. The number of hydrogen-bond acceptors (Lipinski definition) is 6. The van der Waals surface area contributed by atoms with Crippen LogP contribution in [0.25, 0.3) is 0 Å². The van der Waals surface area contributed by atoms with Crippen molar-refractivity contribution in [1.82, 2.24) is 15.8 Å². The van der Waals surface area contributed by atoms with Crippen LogP contribution in [0.5, 0.6) is 0 Å². The van der Waals surface area contributed by atoms with E-state index in [4.69, 9.17) is 17.4 Å². The van der Waals surface area contributed by atoms with E-state index in [-0.39, 0.29) is 0 Å². The molecule has 0 unspecified atom stereocenters. The molecule has 0 fully saturated rings. The Morgan fingerprint density at radius 3 is 2.25 bits per heavy atom. The first kappa shape index (κ1) is 5.16. The maximum atomic E-state index is 5.22. The summed E-state index contributed by atoms with van der Waals surface area (Å²) in [7, 11) is 0. The van der Waals surface area contributed by atoms with Crippen molar-refractivity contribution in [3.63, 3.8) is 0 Å². The highest BCUT2D eigenvalue weighted by Gasteiger charge is 2.10. The van der Waals surface area contributed by atoms with Crippen molar-refractivity contribution in [2.45, 2.75) is 0 Å². The van der Waals surface area contributed by atoms with Crippen molar-refractivity contribution in [1.29, 1.82) is 0 Å². The Morgan fingerprint density at radius 1 is 1.50 bits per heavy atom. The van der Waals surface area contributed by atoms with Crippen molar-refractivity contribution in [3.8, 4) is 0 Å².